The molecule has 2 N–H and O–H groups in total. The van der Waals surface area contributed by atoms with E-state index in [0.29, 0.717) is 6.61 Å². The van der Waals surface area contributed by atoms with Crippen molar-refractivity contribution in [2.75, 3.05) is 39.5 Å². The van der Waals surface area contributed by atoms with Gasteiger partial charge >= 0.3 is 0 Å². The third-order valence-corrected chi connectivity index (χ3v) is 7.15. The maximum absolute atomic E-state index is 6.55. The van der Waals surface area contributed by atoms with Crippen molar-refractivity contribution in [3.05, 3.63) is 48.0 Å². The highest BCUT2D eigenvalue weighted by atomic mass is 16.5. The molecule has 34 heavy (non-hydrogen) atoms. The summed E-state index contributed by atoms with van der Waals surface area (Å²) in [7, 11) is 2.15. The zero-order valence-corrected chi connectivity index (χ0v) is 20.0. The molecule has 0 amide bonds. The molecule has 0 bridgehead atoms. The van der Waals surface area contributed by atoms with E-state index in [9.17, 15) is 0 Å². The van der Waals surface area contributed by atoms with Crippen LogP contribution in [0.4, 0.5) is 0 Å². The van der Waals surface area contributed by atoms with Gasteiger partial charge in [0.1, 0.15) is 7.28 Å². The number of hydrogen-bond donors (Lipinski definition) is 2. The molecule has 0 unspecified atom stereocenters. The summed E-state index contributed by atoms with van der Waals surface area (Å²) in [6.07, 6.45) is 2.16. The minimum Gasteiger partial charge on any atom is -0.489 e. The second-order valence-corrected chi connectivity index (χ2v) is 9.45. The molecule has 0 saturated carbocycles. The van der Waals surface area contributed by atoms with Crippen LogP contribution < -0.4 is 10.2 Å². The molecule has 1 aliphatic rings. The topological polar surface area (TPSA) is 53.3 Å². The predicted octanol–water partition coefficient (Wildman–Crippen LogP) is 5.13. The molecule has 3 heterocycles. The minimum atomic E-state index is 0.705. The van der Waals surface area contributed by atoms with Gasteiger partial charge in [-0.2, -0.15) is 0 Å². The van der Waals surface area contributed by atoms with Crippen LogP contribution in [0.15, 0.2) is 42.5 Å². The van der Waals surface area contributed by atoms with E-state index < -0.39 is 0 Å². The van der Waals surface area contributed by atoms with Crippen molar-refractivity contribution in [2.24, 2.45) is 0 Å². The highest BCUT2D eigenvalue weighted by Crippen LogP contribution is 2.41. The van der Waals surface area contributed by atoms with E-state index >= 15 is 0 Å². The molecule has 6 rings (SSSR count). The number of nitrogens with one attached hydrogen (secondary N) is 2. The van der Waals surface area contributed by atoms with E-state index in [2.05, 4.69) is 78.4 Å². The van der Waals surface area contributed by atoms with Crippen molar-refractivity contribution in [1.29, 1.82) is 0 Å². The van der Waals surface area contributed by atoms with Crippen LogP contribution in [0.5, 0.6) is 5.75 Å². The highest BCUT2D eigenvalue weighted by molar-refractivity contribution is 6.52. The molecule has 5 nitrogen and oxygen atoms in total. The largest absolute Gasteiger partial charge is 0.489 e. The number of hydrogen-bond acceptors (Lipinski definition) is 3. The van der Waals surface area contributed by atoms with Crippen LogP contribution in [0.2, 0.25) is 6.82 Å². The fraction of sp³-hybridized carbons (Fsp3) is 0.357. The van der Waals surface area contributed by atoms with Crippen LogP contribution in [-0.4, -0.2) is 61.6 Å². The molecule has 1 radical (unpaired) electrons. The van der Waals surface area contributed by atoms with Gasteiger partial charge in [-0.1, -0.05) is 36.0 Å². The molecular formula is C28H31BN3O2. The third-order valence-electron chi connectivity index (χ3n) is 7.15. The normalized spacial score (nSPS) is 15.1. The number of aromatic nitrogens is 2. The Hall–Kier alpha value is -2.96. The van der Waals surface area contributed by atoms with Crippen LogP contribution in [0.3, 0.4) is 0 Å². The van der Waals surface area contributed by atoms with Crippen LogP contribution in [0.1, 0.15) is 18.4 Å². The zero-order valence-electron chi connectivity index (χ0n) is 20.0. The summed E-state index contributed by atoms with van der Waals surface area (Å²) in [6.45, 7) is 9.85. The van der Waals surface area contributed by atoms with Crippen molar-refractivity contribution >= 4 is 56.4 Å². The van der Waals surface area contributed by atoms with E-state index in [0.717, 1.165) is 73.5 Å². The average Bonchev–Trinajstić information content (AvgIpc) is 3.41. The lowest BCUT2D eigenvalue weighted by Crippen LogP contribution is -2.36. The first-order chi connectivity index (χ1) is 16.7. The van der Waals surface area contributed by atoms with Gasteiger partial charge in [0.05, 0.1) is 30.9 Å². The molecule has 2 aromatic heterocycles. The average molecular weight is 452 g/mol. The molecule has 3 aromatic carbocycles. The molecule has 0 atom stereocenters. The molecule has 6 heteroatoms. The number of H-pyrrole nitrogens is 2. The van der Waals surface area contributed by atoms with E-state index in [1.807, 2.05) is 0 Å². The second kappa shape index (κ2) is 9.01. The molecule has 1 saturated heterocycles. The van der Waals surface area contributed by atoms with E-state index in [1.165, 1.54) is 32.6 Å². The third kappa shape index (κ3) is 3.85. The van der Waals surface area contributed by atoms with Gasteiger partial charge in [0.25, 0.3) is 0 Å². The van der Waals surface area contributed by atoms with E-state index in [4.69, 9.17) is 9.47 Å². The fourth-order valence-electron chi connectivity index (χ4n) is 5.24. The lowest BCUT2D eigenvalue weighted by atomic mass is 9.73. The van der Waals surface area contributed by atoms with E-state index in [-0.39, 0.29) is 0 Å². The quantitative estimate of drug-likeness (QED) is 0.266. The predicted molar refractivity (Wildman–Crippen MR) is 143 cm³/mol. The van der Waals surface area contributed by atoms with E-state index in [1.54, 1.807) is 0 Å². The van der Waals surface area contributed by atoms with Crippen LogP contribution in [-0.2, 0) is 4.74 Å². The Labute approximate surface area is 200 Å². The van der Waals surface area contributed by atoms with Crippen LogP contribution >= 0.6 is 0 Å². The SMILES string of the molecule is C[B]c1ccc2[nH]c3c(OCCCCN4CCOCC4)c4[nH]c5ccc(C)cc5c4cc3c2c1. The zero-order chi connectivity index (χ0) is 23.1. The molecule has 1 fully saturated rings. The number of benzene rings is 3. The van der Waals surface area contributed by atoms with Gasteiger partial charge in [0, 0.05) is 45.7 Å². The summed E-state index contributed by atoms with van der Waals surface area (Å²) in [5.41, 5.74) is 6.94. The van der Waals surface area contributed by atoms with Crippen molar-refractivity contribution < 1.29 is 9.47 Å². The Morgan fingerprint density at radius 3 is 2.32 bits per heavy atom. The van der Waals surface area contributed by atoms with Gasteiger partial charge in [-0.15, -0.1) is 0 Å². The first-order valence-electron chi connectivity index (χ1n) is 12.4. The standard InChI is InChI=1S/C28H31BN3O2/c1-18-5-7-24-20(15-18)22-17-23-21-16-19(29-2)6-8-25(21)31-27(23)28(26(22)30-24)34-12-4-3-9-32-10-13-33-14-11-32/h5-8,15-17,30-31H,3-4,9-14H2,1-2H3. The number of ether oxygens (including phenoxy) is 2. The van der Waals surface area contributed by atoms with Gasteiger partial charge in [0.15, 0.2) is 5.75 Å². The summed E-state index contributed by atoms with van der Waals surface area (Å²) < 4.78 is 12.0. The summed E-state index contributed by atoms with van der Waals surface area (Å²) >= 11 is 0. The number of morpholine rings is 1. The first-order valence-corrected chi connectivity index (χ1v) is 12.4. The van der Waals surface area contributed by atoms with Crippen LogP contribution in [0.25, 0.3) is 43.6 Å². The van der Waals surface area contributed by atoms with Gasteiger partial charge < -0.3 is 19.4 Å². The second-order valence-electron chi connectivity index (χ2n) is 9.45. The number of aryl methyl sites for hydroxylation is 1. The number of fused-ring (bicyclic) bond motifs is 6. The minimum absolute atomic E-state index is 0.705. The van der Waals surface area contributed by atoms with Gasteiger partial charge in [-0.3, -0.25) is 4.90 Å². The Bertz CT molecular complexity index is 1480. The lowest BCUT2D eigenvalue weighted by Gasteiger charge is -2.26. The van der Waals surface area contributed by atoms with Crippen molar-refractivity contribution in [3.8, 4) is 5.75 Å². The highest BCUT2D eigenvalue weighted by Gasteiger charge is 2.18. The van der Waals surface area contributed by atoms with Crippen molar-refractivity contribution in [2.45, 2.75) is 26.6 Å². The lowest BCUT2D eigenvalue weighted by molar-refractivity contribution is 0.0368. The Kier molecular flexibility index (Phi) is 5.71. The summed E-state index contributed by atoms with van der Waals surface area (Å²) in [4.78, 5) is 9.80. The maximum atomic E-state index is 6.55. The van der Waals surface area contributed by atoms with Crippen molar-refractivity contribution in [3.63, 3.8) is 0 Å². The Morgan fingerprint density at radius 1 is 0.882 bits per heavy atom. The summed E-state index contributed by atoms with van der Waals surface area (Å²) in [6, 6.07) is 15.5. The number of unbranched alkanes of at least 4 members (excludes halogenated alkanes) is 1. The molecule has 1 aliphatic heterocycles. The Balaban J connectivity index is 1.39. The number of rotatable bonds is 7. The number of aromatic amines is 2. The fourth-order valence-corrected chi connectivity index (χ4v) is 5.24. The van der Waals surface area contributed by atoms with Gasteiger partial charge in [0.2, 0.25) is 0 Å². The monoisotopic (exact) mass is 452 g/mol. The first kappa shape index (κ1) is 21.6. The van der Waals surface area contributed by atoms with Crippen molar-refractivity contribution in [1.82, 2.24) is 14.9 Å². The van der Waals surface area contributed by atoms with Gasteiger partial charge in [-0.25, -0.2) is 0 Å². The molecule has 0 aliphatic carbocycles. The van der Waals surface area contributed by atoms with Crippen LogP contribution in [0, 0.1) is 6.92 Å². The Morgan fingerprint density at radius 2 is 1.59 bits per heavy atom. The molecule has 0 spiro atoms. The molecular weight excluding hydrogens is 421 g/mol. The number of nitrogens with zero attached hydrogens (tertiary/aromatic N) is 1. The summed E-state index contributed by atoms with van der Waals surface area (Å²) in [5.74, 6) is 0.936. The molecule has 173 valence electrons. The molecule has 5 aromatic rings. The smallest absolute Gasteiger partial charge is 0.167 e. The summed E-state index contributed by atoms with van der Waals surface area (Å²) in [5, 5.41) is 4.94. The van der Waals surface area contributed by atoms with Gasteiger partial charge in [-0.05, 0) is 50.6 Å². The maximum Gasteiger partial charge on any atom is 0.167 e.